The summed E-state index contributed by atoms with van der Waals surface area (Å²) < 4.78 is 1.57. The zero-order chi connectivity index (χ0) is 21.8. The van der Waals surface area contributed by atoms with Gasteiger partial charge in [0.2, 0.25) is 5.91 Å². The normalized spacial score (nSPS) is 11.8. The number of carbonyl (C=O) groups excluding carboxylic acids is 2. The highest BCUT2D eigenvalue weighted by atomic mass is 16.2. The summed E-state index contributed by atoms with van der Waals surface area (Å²) in [6.07, 6.45) is 1.46. The number of fused-ring (bicyclic) bond motifs is 1. The summed E-state index contributed by atoms with van der Waals surface area (Å²) in [5.74, 6) is -0.461. The van der Waals surface area contributed by atoms with Crippen LogP contribution in [0.4, 0.5) is 0 Å². The van der Waals surface area contributed by atoms with E-state index in [2.05, 4.69) is 25.7 Å². The van der Waals surface area contributed by atoms with Gasteiger partial charge in [-0.1, -0.05) is 36.4 Å². The highest BCUT2D eigenvalue weighted by molar-refractivity contribution is 5.97. The molecule has 156 valence electrons. The maximum absolute atomic E-state index is 12.4. The quantitative estimate of drug-likeness (QED) is 0.440. The van der Waals surface area contributed by atoms with Crippen molar-refractivity contribution in [3.05, 3.63) is 88.6 Å². The molecule has 0 aliphatic carbocycles. The molecule has 0 unspecified atom stereocenters. The molecule has 2 heterocycles. The lowest BCUT2D eigenvalue weighted by Crippen LogP contribution is -2.44. The molecule has 2 aromatic heterocycles. The second kappa shape index (κ2) is 8.62. The number of hydrogen-bond donors (Lipinski definition) is 3. The smallest absolute Gasteiger partial charge is 0.262 e. The number of amides is 2. The van der Waals surface area contributed by atoms with Crippen molar-refractivity contribution in [3.8, 4) is 5.69 Å². The summed E-state index contributed by atoms with van der Waals surface area (Å²) in [6, 6.07) is 17.2. The van der Waals surface area contributed by atoms with E-state index in [1.807, 2.05) is 30.3 Å². The number of benzene rings is 2. The Labute approximate surface area is 177 Å². The van der Waals surface area contributed by atoms with Crippen LogP contribution in [0.2, 0.25) is 0 Å². The summed E-state index contributed by atoms with van der Waals surface area (Å²) in [7, 11) is 0. The van der Waals surface area contributed by atoms with Crippen molar-refractivity contribution in [2.24, 2.45) is 0 Å². The number of H-pyrrole nitrogens is 1. The number of carbonyl (C=O) groups is 2. The molecule has 4 rings (SSSR count). The van der Waals surface area contributed by atoms with Crippen molar-refractivity contribution in [3.63, 3.8) is 0 Å². The van der Waals surface area contributed by atoms with Gasteiger partial charge in [-0.05, 0) is 31.2 Å². The van der Waals surface area contributed by atoms with Gasteiger partial charge in [-0.15, -0.1) is 0 Å². The van der Waals surface area contributed by atoms with E-state index in [1.165, 1.54) is 6.20 Å². The third kappa shape index (κ3) is 4.35. The van der Waals surface area contributed by atoms with Crippen LogP contribution in [0.5, 0.6) is 0 Å². The first-order chi connectivity index (χ1) is 15.0. The summed E-state index contributed by atoms with van der Waals surface area (Å²) in [6.45, 7) is 1.58. The van der Waals surface area contributed by atoms with Gasteiger partial charge in [-0.25, -0.2) is 9.67 Å². The van der Waals surface area contributed by atoms with Crippen molar-refractivity contribution >= 4 is 22.8 Å². The van der Waals surface area contributed by atoms with E-state index in [0.29, 0.717) is 16.6 Å². The Morgan fingerprint density at radius 3 is 2.45 bits per heavy atom. The van der Waals surface area contributed by atoms with E-state index in [0.717, 1.165) is 5.69 Å². The summed E-state index contributed by atoms with van der Waals surface area (Å²) in [4.78, 5) is 44.1. The number of aromatic nitrogens is 4. The van der Waals surface area contributed by atoms with Crippen LogP contribution in [0.3, 0.4) is 0 Å². The van der Waals surface area contributed by atoms with Gasteiger partial charge < -0.3 is 15.6 Å². The molecule has 0 aliphatic heterocycles. The van der Waals surface area contributed by atoms with E-state index in [1.54, 1.807) is 41.9 Å². The van der Waals surface area contributed by atoms with Gasteiger partial charge in [0.25, 0.3) is 11.5 Å². The monoisotopic (exact) mass is 416 g/mol. The molecule has 9 heteroatoms. The minimum atomic E-state index is -0.766. The van der Waals surface area contributed by atoms with Gasteiger partial charge in [0.15, 0.2) is 5.65 Å². The van der Waals surface area contributed by atoms with Crippen LogP contribution in [0, 0.1) is 0 Å². The molecule has 2 amide bonds. The molecule has 0 saturated heterocycles. The molecular formula is C22H20N6O3. The second-order valence-electron chi connectivity index (χ2n) is 6.92. The Morgan fingerprint density at radius 1 is 1.06 bits per heavy atom. The van der Waals surface area contributed by atoms with Gasteiger partial charge in [0.1, 0.15) is 17.3 Å². The predicted octanol–water partition coefficient (Wildman–Crippen LogP) is 1.54. The molecule has 0 fully saturated rings. The van der Waals surface area contributed by atoms with E-state index in [9.17, 15) is 14.4 Å². The highest BCUT2D eigenvalue weighted by Crippen LogP contribution is 2.13. The van der Waals surface area contributed by atoms with Gasteiger partial charge >= 0.3 is 0 Å². The Morgan fingerprint density at radius 2 is 1.74 bits per heavy atom. The SMILES string of the molecule is C[C@H](NC(=O)c1ccccc1)C(=O)NCc1nc2c(cnn2-c2ccccc2)c(=O)[nH]1. The third-order valence-electron chi connectivity index (χ3n) is 4.69. The number of nitrogens with one attached hydrogen (secondary N) is 3. The van der Waals surface area contributed by atoms with Gasteiger partial charge in [-0.3, -0.25) is 14.4 Å². The fraction of sp³-hybridized carbons (Fsp3) is 0.136. The fourth-order valence-corrected chi connectivity index (χ4v) is 3.06. The minimum Gasteiger partial charge on any atom is -0.347 e. The molecule has 0 aliphatic rings. The Hall–Kier alpha value is -4.27. The van der Waals surface area contributed by atoms with Gasteiger partial charge in [0, 0.05) is 5.56 Å². The molecule has 0 radical (unpaired) electrons. The second-order valence-corrected chi connectivity index (χ2v) is 6.92. The van der Waals surface area contributed by atoms with E-state index in [4.69, 9.17) is 0 Å². The average molecular weight is 416 g/mol. The zero-order valence-corrected chi connectivity index (χ0v) is 16.7. The molecule has 1 atom stereocenters. The predicted molar refractivity (Wildman–Crippen MR) is 115 cm³/mol. The number of nitrogens with zero attached hydrogens (tertiary/aromatic N) is 3. The molecule has 0 bridgehead atoms. The van der Waals surface area contributed by atoms with E-state index in [-0.39, 0.29) is 23.8 Å². The maximum Gasteiger partial charge on any atom is 0.262 e. The average Bonchev–Trinajstić information content (AvgIpc) is 3.23. The van der Waals surface area contributed by atoms with Gasteiger partial charge in [0.05, 0.1) is 18.4 Å². The molecule has 3 N–H and O–H groups in total. The summed E-state index contributed by atoms with van der Waals surface area (Å²) >= 11 is 0. The lowest BCUT2D eigenvalue weighted by atomic mass is 10.2. The lowest BCUT2D eigenvalue weighted by molar-refractivity contribution is -0.122. The topological polar surface area (TPSA) is 122 Å². The van der Waals surface area contributed by atoms with Crippen molar-refractivity contribution < 1.29 is 9.59 Å². The van der Waals surface area contributed by atoms with Crippen molar-refractivity contribution in [2.75, 3.05) is 0 Å². The first-order valence-electron chi connectivity index (χ1n) is 9.69. The van der Waals surface area contributed by atoms with Gasteiger partial charge in [-0.2, -0.15) is 5.10 Å². The maximum atomic E-state index is 12.4. The van der Waals surface area contributed by atoms with Crippen LogP contribution in [-0.4, -0.2) is 37.6 Å². The molecule has 9 nitrogen and oxygen atoms in total. The van der Waals surface area contributed by atoms with Crippen LogP contribution in [-0.2, 0) is 11.3 Å². The number of hydrogen-bond acceptors (Lipinski definition) is 5. The van der Waals surface area contributed by atoms with Crippen LogP contribution in [0.1, 0.15) is 23.1 Å². The largest absolute Gasteiger partial charge is 0.347 e. The zero-order valence-electron chi connectivity index (χ0n) is 16.7. The minimum absolute atomic E-state index is 0.00443. The number of rotatable bonds is 6. The molecule has 31 heavy (non-hydrogen) atoms. The number of para-hydroxylation sites is 1. The van der Waals surface area contributed by atoms with Crippen molar-refractivity contribution in [2.45, 2.75) is 19.5 Å². The summed E-state index contributed by atoms with van der Waals surface area (Å²) in [5.41, 5.74) is 1.28. The van der Waals surface area contributed by atoms with Crippen LogP contribution >= 0.6 is 0 Å². The first kappa shape index (κ1) is 20.0. The third-order valence-corrected chi connectivity index (χ3v) is 4.69. The standard InChI is InChI=1S/C22H20N6O3/c1-14(25-21(30)15-8-4-2-5-9-15)20(29)23-13-18-26-19-17(22(31)27-18)12-24-28(19)16-10-6-3-7-11-16/h2-12,14H,13H2,1H3,(H,23,29)(H,25,30)(H,26,27,31)/t14-/m0/s1. The molecule has 2 aromatic carbocycles. The molecule has 0 saturated carbocycles. The Kier molecular flexibility index (Phi) is 5.57. The highest BCUT2D eigenvalue weighted by Gasteiger charge is 2.17. The molecular weight excluding hydrogens is 396 g/mol. The van der Waals surface area contributed by atoms with Crippen molar-refractivity contribution in [1.29, 1.82) is 0 Å². The van der Waals surface area contributed by atoms with Crippen LogP contribution in [0.25, 0.3) is 16.7 Å². The van der Waals surface area contributed by atoms with Crippen molar-refractivity contribution in [1.82, 2.24) is 30.4 Å². The van der Waals surface area contributed by atoms with Crippen LogP contribution < -0.4 is 16.2 Å². The Bertz CT molecular complexity index is 1280. The number of aromatic amines is 1. The fourth-order valence-electron chi connectivity index (χ4n) is 3.06. The summed E-state index contributed by atoms with van der Waals surface area (Å²) in [5, 5.41) is 9.93. The molecule has 4 aromatic rings. The first-order valence-corrected chi connectivity index (χ1v) is 9.69. The Balaban J connectivity index is 1.47. The molecule has 0 spiro atoms. The van der Waals surface area contributed by atoms with Crippen LogP contribution in [0.15, 0.2) is 71.7 Å². The van der Waals surface area contributed by atoms with E-state index >= 15 is 0 Å². The lowest BCUT2D eigenvalue weighted by Gasteiger charge is -2.14. The van der Waals surface area contributed by atoms with E-state index < -0.39 is 11.9 Å².